The van der Waals surface area contributed by atoms with E-state index < -0.39 is 0 Å². The minimum atomic E-state index is 0.721. The normalized spacial score (nSPS) is 12.9. The number of rotatable bonds is 6. The van der Waals surface area contributed by atoms with Gasteiger partial charge in [-0.2, -0.15) is 0 Å². The lowest BCUT2D eigenvalue weighted by molar-refractivity contribution is 0.297. The summed E-state index contributed by atoms with van der Waals surface area (Å²) in [4.78, 5) is 0. The summed E-state index contributed by atoms with van der Waals surface area (Å²) in [6.45, 7) is 9.37. The third-order valence-corrected chi connectivity index (χ3v) is 1.86. The zero-order valence-corrected chi connectivity index (χ0v) is 9.17. The van der Waals surface area contributed by atoms with Crippen molar-refractivity contribution in [1.29, 1.82) is 0 Å². The molecule has 2 heteroatoms. The molecule has 0 radical (unpaired) electrons. The molecule has 78 valence electrons. The molecule has 0 aliphatic carbocycles. The Morgan fingerprint density at radius 3 is 2.07 bits per heavy atom. The van der Waals surface area contributed by atoms with Gasteiger partial charge in [-0.15, -0.1) is 0 Å². The molecular formula is C12H18O2. The molecule has 0 spiro atoms. The molecular weight excluding hydrogens is 176 g/mol. The average molecular weight is 194 g/mol. The van der Waals surface area contributed by atoms with Crippen molar-refractivity contribution in [3.63, 3.8) is 0 Å². The first kappa shape index (κ1) is 12.6. The first-order chi connectivity index (χ1) is 6.73. The van der Waals surface area contributed by atoms with Crippen LogP contribution in [0.4, 0.5) is 0 Å². The molecule has 0 heterocycles. The van der Waals surface area contributed by atoms with Gasteiger partial charge in [0.1, 0.15) is 11.5 Å². The van der Waals surface area contributed by atoms with Gasteiger partial charge in [0.05, 0.1) is 14.2 Å². The molecule has 0 fully saturated rings. The van der Waals surface area contributed by atoms with Crippen molar-refractivity contribution in [3.05, 3.63) is 48.5 Å². The Bertz CT molecular complexity index is 259. The minimum Gasteiger partial charge on any atom is -0.497 e. The standard InChI is InChI=1S/C12H18O2/c1-6-10(12(8-3)14-5)9-11(7-2)13-4/h7-9H,2-3,6H2,1,4-5H3/b11-9+,12-10+. The highest BCUT2D eigenvalue weighted by molar-refractivity contribution is 5.31. The molecule has 0 rings (SSSR count). The highest BCUT2D eigenvalue weighted by Gasteiger charge is 2.00. The second-order valence-electron chi connectivity index (χ2n) is 2.61. The summed E-state index contributed by atoms with van der Waals surface area (Å²) in [6, 6.07) is 0. The van der Waals surface area contributed by atoms with Crippen LogP contribution in [0.25, 0.3) is 0 Å². The third kappa shape index (κ3) is 3.52. The van der Waals surface area contributed by atoms with E-state index in [9.17, 15) is 0 Å². The van der Waals surface area contributed by atoms with Crippen LogP contribution in [0.2, 0.25) is 0 Å². The lowest BCUT2D eigenvalue weighted by Crippen LogP contribution is -1.91. The van der Waals surface area contributed by atoms with E-state index in [4.69, 9.17) is 9.47 Å². The molecule has 0 aromatic rings. The summed E-state index contributed by atoms with van der Waals surface area (Å²) in [5.74, 6) is 1.49. The smallest absolute Gasteiger partial charge is 0.121 e. The van der Waals surface area contributed by atoms with Gasteiger partial charge >= 0.3 is 0 Å². The van der Waals surface area contributed by atoms with E-state index in [0.717, 1.165) is 23.5 Å². The Labute approximate surface area is 86.2 Å². The molecule has 0 aromatic heterocycles. The van der Waals surface area contributed by atoms with Crippen LogP contribution in [0.1, 0.15) is 13.3 Å². The minimum absolute atomic E-state index is 0.721. The van der Waals surface area contributed by atoms with E-state index in [1.165, 1.54) is 0 Å². The summed E-state index contributed by atoms with van der Waals surface area (Å²) in [5.41, 5.74) is 1.04. The van der Waals surface area contributed by atoms with Crippen molar-refractivity contribution in [2.24, 2.45) is 0 Å². The maximum Gasteiger partial charge on any atom is 0.121 e. The second-order valence-corrected chi connectivity index (χ2v) is 2.61. The predicted octanol–water partition coefficient (Wildman–Crippen LogP) is 3.20. The van der Waals surface area contributed by atoms with Crippen molar-refractivity contribution in [1.82, 2.24) is 0 Å². The molecule has 0 amide bonds. The van der Waals surface area contributed by atoms with Crippen LogP contribution in [0, 0.1) is 0 Å². The molecule has 0 N–H and O–H groups in total. The van der Waals surface area contributed by atoms with Gasteiger partial charge in [-0.25, -0.2) is 0 Å². The highest BCUT2D eigenvalue weighted by Crippen LogP contribution is 2.15. The maximum atomic E-state index is 5.17. The summed E-state index contributed by atoms with van der Waals surface area (Å²) < 4.78 is 10.3. The fourth-order valence-corrected chi connectivity index (χ4v) is 1.07. The highest BCUT2D eigenvalue weighted by atomic mass is 16.5. The molecule has 0 unspecified atom stereocenters. The van der Waals surface area contributed by atoms with Crippen LogP contribution in [0.3, 0.4) is 0 Å². The number of allylic oxidation sites excluding steroid dienone is 4. The Balaban J connectivity index is 5.05. The summed E-state index contributed by atoms with van der Waals surface area (Å²) in [7, 11) is 3.24. The van der Waals surface area contributed by atoms with E-state index in [1.54, 1.807) is 26.4 Å². The van der Waals surface area contributed by atoms with Crippen LogP contribution in [0.15, 0.2) is 48.5 Å². The van der Waals surface area contributed by atoms with Crippen molar-refractivity contribution >= 4 is 0 Å². The predicted molar refractivity (Wildman–Crippen MR) is 59.8 cm³/mol. The molecule has 0 saturated carbocycles. The molecule has 0 aliphatic heterocycles. The third-order valence-electron chi connectivity index (χ3n) is 1.86. The fourth-order valence-electron chi connectivity index (χ4n) is 1.07. The van der Waals surface area contributed by atoms with Gasteiger partial charge in [0.25, 0.3) is 0 Å². The maximum absolute atomic E-state index is 5.17. The van der Waals surface area contributed by atoms with Crippen LogP contribution >= 0.6 is 0 Å². The lowest BCUT2D eigenvalue weighted by Gasteiger charge is -2.07. The van der Waals surface area contributed by atoms with Crippen molar-refractivity contribution in [3.8, 4) is 0 Å². The molecule has 0 saturated heterocycles. The van der Waals surface area contributed by atoms with Crippen molar-refractivity contribution in [2.45, 2.75) is 13.3 Å². The number of hydrogen-bond donors (Lipinski definition) is 0. The SMILES string of the molecule is C=C/C(=C\C(CC)=C(/C=C)OC)OC. The molecule has 0 aromatic carbocycles. The zero-order chi connectivity index (χ0) is 11.0. The van der Waals surface area contributed by atoms with Crippen LogP contribution < -0.4 is 0 Å². The van der Waals surface area contributed by atoms with Crippen molar-refractivity contribution in [2.75, 3.05) is 14.2 Å². The lowest BCUT2D eigenvalue weighted by atomic mass is 10.1. The van der Waals surface area contributed by atoms with E-state index in [2.05, 4.69) is 13.2 Å². The first-order valence-electron chi connectivity index (χ1n) is 4.51. The van der Waals surface area contributed by atoms with E-state index in [0.29, 0.717) is 0 Å². The topological polar surface area (TPSA) is 18.5 Å². The largest absolute Gasteiger partial charge is 0.497 e. The quantitative estimate of drug-likeness (QED) is 0.477. The van der Waals surface area contributed by atoms with Gasteiger partial charge in [-0.3, -0.25) is 0 Å². The first-order valence-corrected chi connectivity index (χ1v) is 4.51. The Kier molecular flexibility index (Phi) is 6.29. The molecule has 0 atom stereocenters. The molecule has 0 aliphatic rings. The van der Waals surface area contributed by atoms with Crippen LogP contribution in [-0.4, -0.2) is 14.2 Å². The zero-order valence-electron chi connectivity index (χ0n) is 9.17. The van der Waals surface area contributed by atoms with E-state index in [1.807, 2.05) is 13.0 Å². The average Bonchev–Trinajstić information content (AvgIpc) is 2.24. The number of hydrogen-bond acceptors (Lipinski definition) is 2. The van der Waals surface area contributed by atoms with Crippen molar-refractivity contribution < 1.29 is 9.47 Å². The number of ether oxygens (including phenoxy) is 2. The molecule has 0 bridgehead atoms. The Morgan fingerprint density at radius 2 is 1.79 bits per heavy atom. The van der Waals surface area contributed by atoms with E-state index >= 15 is 0 Å². The summed E-state index contributed by atoms with van der Waals surface area (Å²) in [5, 5.41) is 0. The van der Waals surface area contributed by atoms with Gasteiger partial charge in [0.2, 0.25) is 0 Å². The van der Waals surface area contributed by atoms with Crippen LogP contribution in [-0.2, 0) is 9.47 Å². The Morgan fingerprint density at radius 1 is 1.14 bits per heavy atom. The van der Waals surface area contributed by atoms with Gasteiger partial charge in [0.15, 0.2) is 0 Å². The number of methoxy groups -OCH3 is 2. The van der Waals surface area contributed by atoms with Crippen LogP contribution in [0.5, 0.6) is 0 Å². The monoisotopic (exact) mass is 194 g/mol. The van der Waals surface area contributed by atoms with Gasteiger partial charge in [0, 0.05) is 0 Å². The molecule has 2 nitrogen and oxygen atoms in total. The summed E-state index contributed by atoms with van der Waals surface area (Å²) in [6.07, 6.45) is 6.10. The Hall–Kier alpha value is -1.44. The fraction of sp³-hybridized carbons (Fsp3) is 0.333. The van der Waals surface area contributed by atoms with Gasteiger partial charge in [-0.1, -0.05) is 20.1 Å². The summed E-state index contributed by atoms with van der Waals surface area (Å²) >= 11 is 0. The molecule has 14 heavy (non-hydrogen) atoms. The van der Waals surface area contributed by atoms with E-state index in [-0.39, 0.29) is 0 Å². The van der Waals surface area contributed by atoms with Gasteiger partial charge < -0.3 is 9.47 Å². The second kappa shape index (κ2) is 7.01. The van der Waals surface area contributed by atoms with Gasteiger partial charge in [-0.05, 0) is 30.2 Å².